The summed E-state index contributed by atoms with van der Waals surface area (Å²) in [6, 6.07) is 20.7. The van der Waals surface area contributed by atoms with E-state index in [4.69, 9.17) is 25.5 Å². The highest BCUT2D eigenvalue weighted by Gasteiger charge is 2.18. The first-order chi connectivity index (χ1) is 18.4. The smallest absolute Gasteiger partial charge is 0.342 e. The number of aliphatic carboxylic acids is 1. The molecule has 2 heterocycles. The maximum atomic E-state index is 12.2. The minimum absolute atomic E-state index is 0.0362. The van der Waals surface area contributed by atoms with E-state index in [-0.39, 0.29) is 16.0 Å². The Labute approximate surface area is 227 Å². The standard InChI is InChI=1S/C28H22ClN3O5S/c1-35-21-11-18(12-22(14-21)36-2)26-30-31-28(37-26)38-25(27(33)34)13-19-16-32(24-9-4-3-8-23(19)24)15-17-6-5-7-20(29)10-17/h3-14,16H,15H2,1-2H3,(H,33,34)/b25-13-. The summed E-state index contributed by atoms with van der Waals surface area (Å²) >= 11 is 7.05. The average Bonchev–Trinajstić information content (AvgIpc) is 3.53. The lowest BCUT2D eigenvalue weighted by atomic mass is 10.1. The molecule has 0 unspecified atom stereocenters. The van der Waals surface area contributed by atoms with Gasteiger partial charge in [-0.1, -0.05) is 41.9 Å². The number of methoxy groups -OCH3 is 2. The molecule has 0 atom stereocenters. The predicted molar refractivity (Wildman–Crippen MR) is 147 cm³/mol. The molecule has 0 fully saturated rings. The van der Waals surface area contributed by atoms with Crippen LogP contribution in [-0.2, 0) is 11.3 Å². The van der Waals surface area contributed by atoms with Gasteiger partial charge >= 0.3 is 5.97 Å². The van der Waals surface area contributed by atoms with Crippen molar-refractivity contribution in [2.24, 2.45) is 0 Å². The summed E-state index contributed by atoms with van der Waals surface area (Å²) in [4.78, 5) is 12.2. The lowest BCUT2D eigenvalue weighted by Crippen LogP contribution is -1.98. The highest BCUT2D eigenvalue weighted by atomic mass is 35.5. The molecule has 0 aliphatic heterocycles. The molecule has 38 heavy (non-hydrogen) atoms. The number of fused-ring (bicyclic) bond motifs is 1. The Bertz CT molecular complexity index is 1640. The van der Waals surface area contributed by atoms with E-state index in [1.807, 2.05) is 54.7 Å². The van der Waals surface area contributed by atoms with Crippen LogP contribution >= 0.6 is 23.4 Å². The van der Waals surface area contributed by atoms with Gasteiger partial charge in [-0.2, -0.15) is 0 Å². The van der Waals surface area contributed by atoms with Crippen LogP contribution in [0.5, 0.6) is 11.5 Å². The maximum absolute atomic E-state index is 12.2. The second kappa shape index (κ2) is 11.0. The summed E-state index contributed by atoms with van der Waals surface area (Å²) in [5.74, 6) is 0.233. The summed E-state index contributed by atoms with van der Waals surface area (Å²) in [6.45, 7) is 0.585. The summed E-state index contributed by atoms with van der Waals surface area (Å²) in [6.07, 6.45) is 3.54. The fourth-order valence-corrected chi connectivity index (χ4v) is 4.90. The molecule has 0 saturated carbocycles. The Balaban J connectivity index is 1.46. The minimum atomic E-state index is -1.11. The van der Waals surface area contributed by atoms with Crippen LogP contribution in [0.25, 0.3) is 28.4 Å². The second-order valence-corrected chi connectivity index (χ2v) is 9.68. The van der Waals surface area contributed by atoms with Crippen LogP contribution in [0.15, 0.2) is 87.5 Å². The van der Waals surface area contributed by atoms with Crippen LogP contribution in [0.1, 0.15) is 11.1 Å². The first kappa shape index (κ1) is 25.4. The molecule has 3 aromatic carbocycles. The fraction of sp³-hybridized carbons (Fsp3) is 0.107. The van der Waals surface area contributed by atoms with Gasteiger partial charge in [0.25, 0.3) is 5.22 Å². The third kappa shape index (κ3) is 5.53. The van der Waals surface area contributed by atoms with E-state index in [1.165, 1.54) is 0 Å². The Kier molecular flexibility index (Phi) is 7.39. The van der Waals surface area contributed by atoms with Crippen LogP contribution in [0.3, 0.4) is 0 Å². The molecular formula is C28H22ClN3O5S. The lowest BCUT2D eigenvalue weighted by molar-refractivity contribution is -0.131. The third-order valence-electron chi connectivity index (χ3n) is 5.76. The van der Waals surface area contributed by atoms with Crippen molar-refractivity contribution in [3.8, 4) is 23.0 Å². The predicted octanol–water partition coefficient (Wildman–Crippen LogP) is 6.63. The number of para-hydroxylation sites is 1. The SMILES string of the molecule is COc1cc(OC)cc(-c2nnc(S/C(=C\c3cn(Cc4cccc(Cl)c4)c4ccccc34)C(=O)O)o2)c1. The van der Waals surface area contributed by atoms with Crippen LogP contribution in [0, 0.1) is 0 Å². The molecule has 0 bridgehead atoms. The quantitative estimate of drug-likeness (QED) is 0.162. The van der Waals surface area contributed by atoms with Gasteiger partial charge in [0.15, 0.2) is 0 Å². The first-order valence-corrected chi connectivity index (χ1v) is 12.6. The molecule has 1 N–H and O–H groups in total. The number of carboxylic acids is 1. The molecule has 10 heteroatoms. The van der Waals surface area contributed by atoms with Crippen molar-refractivity contribution in [3.05, 3.63) is 94.0 Å². The summed E-state index contributed by atoms with van der Waals surface area (Å²) in [5.41, 5.74) is 3.35. The normalized spacial score (nSPS) is 11.6. The minimum Gasteiger partial charge on any atom is -0.497 e. The van der Waals surface area contributed by atoms with Crippen LogP contribution in [0.2, 0.25) is 5.02 Å². The second-order valence-electron chi connectivity index (χ2n) is 8.25. The number of rotatable bonds is 9. The fourth-order valence-electron chi connectivity index (χ4n) is 4.02. The van der Waals surface area contributed by atoms with Crippen molar-refractivity contribution in [3.63, 3.8) is 0 Å². The highest BCUT2D eigenvalue weighted by Crippen LogP contribution is 2.34. The summed E-state index contributed by atoms with van der Waals surface area (Å²) in [5, 5.41) is 19.8. The molecular weight excluding hydrogens is 526 g/mol. The molecule has 8 nitrogen and oxygen atoms in total. The summed E-state index contributed by atoms with van der Waals surface area (Å²) < 4.78 is 18.4. The van der Waals surface area contributed by atoms with E-state index in [0.29, 0.717) is 28.6 Å². The maximum Gasteiger partial charge on any atom is 0.342 e. The van der Waals surface area contributed by atoms with E-state index in [0.717, 1.165) is 33.8 Å². The van der Waals surface area contributed by atoms with Crippen molar-refractivity contribution < 1.29 is 23.8 Å². The zero-order valence-electron chi connectivity index (χ0n) is 20.4. The Morgan fingerprint density at radius 2 is 1.82 bits per heavy atom. The van der Waals surface area contributed by atoms with Crippen LogP contribution in [-0.4, -0.2) is 40.1 Å². The third-order valence-corrected chi connectivity index (χ3v) is 6.85. The molecule has 0 aliphatic carbocycles. The number of hydrogen-bond acceptors (Lipinski definition) is 7. The van der Waals surface area contributed by atoms with Gasteiger partial charge in [0, 0.05) is 45.9 Å². The molecule has 0 spiro atoms. The largest absolute Gasteiger partial charge is 0.497 e. The molecule has 0 amide bonds. The zero-order valence-corrected chi connectivity index (χ0v) is 22.0. The van der Waals surface area contributed by atoms with Crippen molar-refractivity contribution in [1.82, 2.24) is 14.8 Å². The van der Waals surface area contributed by atoms with Crippen LogP contribution in [0.4, 0.5) is 0 Å². The lowest BCUT2D eigenvalue weighted by Gasteiger charge is -2.06. The Hall–Kier alpha value is -4.21. The average molecular weight is 548 g/mol. The first-order valence-electron chi connectivity index (χ1n) is 11.5. The Morgan fingerprint density at radius 1 is 1.05 bits per heavy atom. The van der Waals surface area contributed by atoms with Gasteiger partial charge < -0.3 is 23.6 Å². The number of thioether (sulfide) groups is 1. The van der Waals surface area contributed by atoms with E-state index in [2.05, 4.69) is 14.8 Å². The zero-order chi connectivity index (χ0) is 26.6. The number of ether oxygens (including phenoxy) is 2. The van der Waals surface area contributed by atoms with Gasteiger partial charge in [0.1, 0.15) is 16.4 Å². The van der Waals surface area contributed by atoms with Gasteiger partial charge in [0.05, 0.1) is 14.2 Å². The highest BCUT2D eigenvalue weighted by molar-refractivity contribution is 8.03. The number of halogens is 1. The van der Waals surface area contributed by atoms with Crippen molar-refractivity contribution >= 4 is 46.3 Å². The number of nitrogens with zero attached hydrogens (tertiary/aromatic N) is 3. The Morgan fingerprint density at radius 3 is 2.53 bits per heavy atom. The number of hydrogen-bond donors (Lipinski definition) is 1. The van der Waals surface area contributed by atoms with Crippen molar-refractivity contribution in [1.29, 1.82) is 0 Å². The molecule has 0 saturated heterocycles. The van der Waals surface area contributed by atoms with E-state index in [9.17, 15) is 9.90 Å². The van der Waals surface area contributed by atoms with Crippen LogP contribution < -0.4 is 9.47 Å². The summed E-state index contributed by atoms with van der Waals surface area (Å²) in [7, 11) is 3.09. The molecule has 2 aromatic heterocycles. The molecule has 5 aromatic rings. The number of aromatic nitrogens is 3. The van der Waals surface area contributed by atoms with Gasteiger partial charge in [-0.05, 0) is 53.7 Å². The molecule has 0 radical (unpaired) electrons. The molecule has 0 aliphatic rings. The van der Waals surface area contributed by atoms with Crippen molar-refractivity contribution in [2.75, 3.05) is 14.2 Å². The van der Waals surface area contributed by atoms with Crippen molar-refractivity contribution in [2.45, 2.75) is 11.8 Å². The monoisotopic (exact) mass is 547 g/mol. The topological polar surface area (TPSA) is 99.6 Å². The van der Waals surface area contributed by atoms with E-state index in [1.54, 1.807) is 38.5 Å². The molecule has 5 rings (SSSR count). The van der Waals surface area contributed by atoms with Gasteiger partial charge in [-0.3, -0.25) is 0 Å². The van der Waals surface area contributed by atoms with E-state index >= 15 is 0 Å². The number of benzene rings is 3. The number of carboxylic acid groups (broad SMARTS) is 1. The number of carbonyl (C=O) groups is 1. The van der Waals surface area contributed by atoms with E-state index < -0.39 is 5.97 Å². The van der Waals surface area contributed by atoms with Gasteiger partial charge in [-0.15, -0.1) is 10.2 Å². The van der Waals surface area contributed by atoms with Gasteiger partial charge in [-0.25, -0.2) is 4.79 Å². The van der Waals surface area contributed by atoms with Gasteiger partial charge in [0.2, 0.25) is 5.89 Å². The molecule has 192 valence electrons.